The van der Waals surface area contributed by atoms with Crippen LogP contribution >= 0.6 is 0 Å². The van der Waals surface area contributed by atoms with E-state index in [1.807, 2.05) is 91.9 Å². The van der Waals surface area contributed by atoms with Gasteiger partial charge in [0.2, 0.25) is 0 Å². The molecule has 2 heterocycles. The molecule has 4 aromatic rings. The van der Waals surface area contributed by atoms with E-state index in [4.69, 9.17) is 4.52 Å². The molecule has 158 valence electrons. The highest BCUT2D eigenvalue weighted by atomic mass is 16.5. The van der Waals surface area contributed by atoms with Crippen molar-refractivity contribution < 1.29 is 14.1 Å². The molecule has 32 heavy (non-hydrogen) atoms. The molecule has 1 fully saturated rings. The van der Waals surface area contributed by atoms with Gasteiger partial charge >= 0.3 is 6.03 Å². The number of benzene rings is 3. The van der Waals surface area contributed by atoms with Gasteiger partial charge < -0.3 is 9.84 Å². The van der Waals surface area contributed by atoms with E-state index >= 15 is 0 Å². The fourth-order valence-corrected chi connectivity index (χ4v) is 3.93. The lowest BCUT2D eigenvalue weighted by molar-refractivity contribution is -0.130. The van der Waals surface area contributed by atoms with Crippen molar-refractivity contribution in [2.45, 2.75) is 19.0 Å². The van der Waals surface area contributed by atoms with Crippen molar-refractivity contribution in [3.05, 3.63) is 107 Å². The number of hydrogen-bond donors (Lipinski definition) is 1. The summed E-state index contributed by atoms with van der Waals surface area (Å²) in [6.45, 7) is 1.90. The Labute approximate surface area is 184 Å². The number of aromatic nitrogens is 2. The molecule has 1 aliphatic heterocycles. The number of hydrogen-bond acceptors (Lipinski definition) is 5. The predicted octanol–water partition coefficient (Wildman–Crippen LogP) is 4.04. The van der Waals surface area contributed by atoms with E-state index in [9.17, 15) is 9.59 Å². The lowest BCUT2D eigenvalue weighted by Gasteiger charge is -2.27. The van der Waals surface area contributed by atoms with Crippen LogP contribution in [0.3, 0.4) is 0 Å². The fraction of sp³-hybridized carbons (Fsp3) is 0.120. The highest BCUT2D eigenvalue weighted by Crippen LogP contribution is 2.36. The maximum atomic E-state index is 13.7. The van der Waals surface area contributed by atoms with Gasteiger partial charge in [0.1, 0.15) is 0 Å². The largest absolute Gasteiger partial charge is 0.334 e. The summed E-state index contributed by atoms with van der Waals surface area (Å²) in [6, 6.07) is 25.6. The third-order valence-electron chi connectivity index (χ3n) is 5.59. The molecule has 0 radical (unpaired) electrons. The first-order valence-electron chi connectivity index (χ1n) is 10.2. The van der Waals surface area contributed by atoms with Crippen LogP contribution in [-0.4, -0.2) is 27.0 Å². The van der Waals surface area contributed by atoms with Gasteiger partial charge in [0.25, 0.3) is 11.8 Å². The fourth-order valence-electron chi connectivity index (χ4n) is 3.93. The molecule has 0 bridgehead atoms. The number of nitrogens with zero attached hydrogens (tertiary/aromatic N) is 3. The minimum absolute atomic E-state index is 0.0958. The van der Waals surface area contributed by atoms with Gasteiger partial charge in [-0.2, -0.15) is 4.98 Å². The Morgan fingerprint density at radius 2 is 1.47 bits per heavy atom. The zero-order valence-electron chi connectivity index (χ0n) is 17.4. The quantitative estimate of drug-likeness (QED) is 0.489. The summed E-state index contributed by atoms with van der Waals surface area (Å²) >= 11 is 0. The Bertz CT molecular complexity index is 1230. The van der Waals surface area contributed by atoms with Crippen LogP contribution in [0.25, 0.3) is 11.5 Å². The first kappa shape index (κ1) is 19.7. The summed E-state index contributed by atoms with van der Waals surface area (Å²) < 4.78 is 5.36. The normalized spacial score (nSPS) is 15.1. The van der Waals surface area contributed by atoms with Crippen LogP contribution in [0, 0.1) is 6.92 Å². The van der Waals surface area contributed by atoms with Gasteiger partial charge in [0, 0.05) is 5.56 Å². The van der Waals surface area contributed by atoms with Crippen LogP contribution in [0.2, 0.25) is 0 Å². The average Bonchev–Trinajstić information content (AvgIpc) is 3.40. The monoisotopic (exact) mass is 424 g/mol. The second kappa shape index (κ2) is 7.77. The molecule has 0 spiro atoms. The van der Waals surface area contributed by atoms with Crippen LogP contribution in [0.4, 0.5) is 4.79 Å². The van der Waals surface area contributed by atoms with Crippen molar-refractivity contribution in [1.82, 2.24) is 20.4 Å². The number of rotatable bonds is 5. The standard InChI is InChI=1S/C25H20N4O3/c1-17-12-14-18(15-13-17)22-26-21(28-32-22)16-29-23(30)25(27-24(29)31,19-8-4-2-5-9-19)20-10-6-3-7-11-20/h2-15H,16H2,1H3,(H,27,31). The van der Waals surface area contributed by atoms with E-state index in [1.165, 1.54) is 0 Å². The Morgan fingerprint density at radius 1 is 0.875 bits per heavy atom. The van der Waals surface area contributed by atoms with Gasteiger partial charge in [-0.3, -0.25) is 9.69 Å². The number of urea groups is 1. The number of imide groups is 1. The van der Waals surface area contributed by atoms with Gasteiger partial charge in [-0.05, 0) is 30.2 Å². The third kappa shape index (κ3) is 3.24. The summed E-state index contributed by atoms with van der Waals surface area (Å²) in [6.07, 6.45) is 0. The minimum atomic E-state index is -1.32. The molecule has 1 aliphatic rings. The SMILES string of the molecule is Cc1ccc(-c2nc(CN3C(=O)NC(c4ccccc4)(c4ccccc4)C3=O)no2)cc1. The number of carbonyl (C=O) groups excluding carboxylic acids is 2. The Kier molecular flexibility index (Phi) is 4.78. The predicted molar refractivity (Wildman–Crippen MR) is 117 cm³/mol. The van der Waals surface area contributed by atoms with Crippen molar-refractivity contribution in [2.24, 2.45) is 0 Å². The van der Waals surface area contributed by atoms with E-state index in [-0.39, 0.29) is 18.3 Å². The van der Waals surface area contributed by atoms with Crippen molar-refractivity contribution in [3.63, 3.8) is 0 Å². The van der Waals surface area contributed by atoms with E-state index in [0.29, 0.717) is 17.0 Å². The van der Waals surface area contributed by atoms with Crippen LogP contribution < -0.4 is 5.32 Å². The molecule has 1 saturated heterocycles. The summed E-state index contributed by atoms with van der Waals surface area (Å²) in [5, 5.41) is 6.90. The van der Waals surface area contributed by atoms with Gasteiger partial charge in [0.15, 0.2) is 11.4 Å². The maximum absolute atomic E-state index is 13.7. The Balaban J connectivity index is 1.48. The number of aryl methyl sites for hydroxylation is 1. The number of carbonyl (C=O) groups is 2. The van der Waals surface area contributed by atoms with Crippen LogP contribution in [-0.2, 0) is 16.9 Å². The van der Waals surface area contributed by atoms with Gasteiger partial charge in [-0.15, -0.1) is 0 Å². The van der Waals surface area contributed by atoms with E-state index in [1.54, 1.807) is 0 Å². The molecule has 7 heteroatoms. The van der Waals surface area contributed by atoms with Crippen molar-refractivity contribution in [1.29, 1.82) is 0 Å². The Morgan fingerprint density at radius 3 is 2.06 bits per heavy atom. The summed E-state index contributed by atoms with van der Waals surface area (Å²) in [4.78, 5) is 32.2. The first-order chi connectivity index (χ1) is 15.6. The van der Waals surface area contributed by atoms with Gasteiger partial charge in [-0.1, -0.05) is 83.5 Å². The molecule has 3 aromatic carbocycles. The van der Waals surface area contributed by atoms with Crippen molar-refractivity contribution in [2.75, 3.05) is 0 Å². The molecule has 3 amide bonds. The van der Waals surface area contributed by atoms with Crippen LogP contribution in [0.15, 0.2) is 89.5 Å². The summed E-state index contributed by atoms with van der Waals surface area (Å²) in [7, 11) is 0. The van der Waals surface area contributed by atoms with E-state index in [2.05, 4.69) is 15.5 Å². The van der Waals surface area contributed by atoms with Crippen molar-refractivity contribution >= 4 is 11.9 Å². The number of nitrogens with one attached hydrogen (secondary N) is 1. The van der Waals surface area contributed by atoms with E-state index in [0.717, 1.165) is 16.0 Å². The molecule has 0 atom stereocenters. The second-order valence-electron chi connectivity index (χ2n) is 7.69. The summed E-state index contributed by atoms with van der Waals surface area (Å²) in [5.74, 6) is 0.201. The zero-order valence-corrected chi connectivity index (χ0v) is 17.4. The smallest absolute Gasteiger partial charge is 0.325 e. The van der Waals surface area contributed by atoms with Gasteiger partial charge in [0.05, 0.1) is 6.54 Å². The molecule has 5 rings (SSSR count). The highest BCUT2D eigenvalue weighted by Gasteiger charge is 2.53. The molecular formula is C25H20N4O3. The average molecular weight is 424 g/mol. The molecular weight excluding hydrogens is 404 g/mol. The minimum Gasteiger partial charge on any atom is -0.334 e. The molecule has 1 aromatic heterocycles. The third-order valence-corrected chi connectivity index (χ3v) is 5.59. The Hall–Kier alpha value is -4.26. The lowest BCUT2D eigenvalue weighted by Crippen LogP contribution is -2.45. The lowest BCUT2D eigenvalue weighted by atomic mass is 9.82. The molecule has 0 saturated carbocycles. The van der Waals surface area contributed by atoms with Crippen LogP contribution in [0.5, 0.6) is 0 Å². The van der Waals surface area contributed by atoms with E-state index < -0.39 is 11.6 Å². The first-order valence-corrected chi connectivity index (χ1v) is 10.2. The second-order valence-corrected chi connectivity index (χ2v) is 7.69. The highest BCUT2D eigenvalue weighted by molar-refractivity contribution is 6.09. The molecule has 1 N–H and O–H groups in total. The van der Waals surface area contributed by atoms with Crippen molar-refractivity contribution in [3.8, 4) is 11.5 Å². The van der Waals surface area contributed by atoms with Gasteiger partial charge in [-0.25, -0.2) is 4.79 Å². The number of amides is 3. The molecule has 7 nitrogen and oxygen atoms in total. The zero-order chi connectivity index (χ0) is 22.1. The molecule has 0 aliphatic carbocycles. The van der Waals surface area contributed by atoms with Crippen LogP contribution in [0.1, 0.15) is 22.5 Å². The maximum Gasteiger partial charge on any atom is 0.325 e. The molecule has 0 unspecified atom stereocenters. The summed E-state index contributed by atoms with van der Waals surface area (Å²) in [5.41, 5.74) is 1.94. The topological polar surface area (TPSA) is 88.3 Å².